The van der Waals surface area contributed by atoms with Crippen LogP contribution in [0.2, 0.25) is 0 Å². The Morgan fingerprint density at radius 3 is 2.30 bits per heavy atom. The Bertz CT molecular complexity index is 85.3. The highest BCUT2D eigenvalue weighted by molar-refractivity contribution is 4.75. The van der Waals surface area contributed by atoms with Gasteiger partial charge < -0.3 is 6.15 Å². The summed E-state index contributed by atoms with van der Waals surface area (Å²) in [5.74, 6) is 0. The molecule has 0 atom stereocenters. The summed E-state index contributed by atoms with van der Waals surface area (Å²) in [5, 5.41) is 0. The fourth-order valence-corrected chi connectivity index (χ4v) is 1.32. The average molecular weight is 142 g/mol. The van der Waals surface area contributed by atoms with Crippen LogP contribution in [-0.4, -0.2) is 24.5 Å². The van der Waals surface area contributed by atoms with Gasteiger partial charge in [0.2, 0.25) is 0 Å². The zero-order valence-electron chi connectivity index (χ0n) is 6.68. The summed E-state index contributed by atoms with van der Waals surface area (Å²) in [6.07, 6.45) is 6.18. The molecule has 0 bridgehead atoms. The first kappa shape index (κ1) is 9.66. The third-order valence-electron chi connectivity index (χ3n) is 1.84. The van der Waals surface area contributed by atoms with Gasteiger partial charge in [-0.05, 0) is 25.9 Å². The predicted molar refractivity (Wildman–Crippen MR) is 45.5 cm³/mol. The molecule has 0 aromatic carbocycles. The number of nitrogens with zero attached hydrogens (tertiary/aromatic N) is 1. The second kappa shape index (κ2) is 5.45. The van der Waals surface area contributed by atoms with Crippen LogP contribution in [0.5, 0.6) is 0 Å². The molecule has 2 nitrogen and oxygen atoms in total. The molecule has 1 aliphatic heterocycles. The Morgan fingerprint density at radius 2 is 1.80 bits per heavy atom. The topological polar surface area (TPSA) is 38.2 Å². The Labute approximate surface area is 63.5 Å². The Balaban J connectivity index is 0.000000810. The molecule has 1 saturated heterocycles. The van der Waals surface area contributed by atoms with Crippen LogP contribution in [0, 0.1) is 0 Å². The zero-order valence-corrected chi connectivity index (χ0v) is 6.68. The molecule has 1 heterocycles. The molecule has 3 N–H and O–H groups in total. The Morgan fingerprint density at radius 1 is 1.20 bits per heavy atom. The summed E-state index contributed by atoms with van der Waals surface area (Å²) in [5.41, 5.74) is 0. The van der Waals surface area contributed by atoms with Gasteiger partial charge in [-0.2, -0.15) is 0 Å². The van der Waals surface area contributed by atoms with Crippen LogP contribution < -0.4 is 6.15 Å². The number of hydrogen-bond donors (Lipinski definition) is 1. The van der Waals surface area contributed by atoms with Gasteiger partial charge >= 0.3 is 0 Å². The van der Waals surface area contributed by atoms with Gasteiger partial charge in [-0.15, -0.1) is 6.58 Å². The fraction of sp³-hybridized carbons (Fsp3) is 0.750. The number of piperidine rings is 1. The SMILES string of the molecule is C=CCN1CCCCC1.N. The van der Waals surface area contributed by atoms with Crippen LogP contribution in [0.1, 0.15) is 19.3 Å². The van der Waals surface area contributed by atoms with E-state index < -0.39 is 0 Å². The first-order valence-electron chi connectivity index (χ1n) is 3.77. The standard InChI is InChI=1S/C8H15N.H3N/c1-2-6-9-7-4-3-5-8-9;/h2H,1,3-8H2;1H3. The van der Waals surface area contributed by atoms with E-state index in [1.54, 1.807) is 0 Å². The van der Waals surface area contributed by atoms with E-state index in [2.05, 4.69) is 11.5 Å². The van der Waals surface area contributed by atoms with Gasteiger partial charge in [-0.1, -0.05) is 12.5 Å². The molecule has 1 aliphatic rings. The van der Waals surface area contributed by atoms with Gasteiger partial charge in [0.15, 0.2) is 0 Å². The van der Waals surface area contributed by atoms with Crippen LogP contribution in [0.3, 0.4) is 0 Å². The quantitative estimate of drug-likeness (QED) is 0.597. The van der Waals surface area contributed by atoms with Gasteiger partial charge in [0.05, 0.1) is 0 Å². The largest absolute Gasteiger partial charge is 0.344 e. The highest BCUT2D eigenvalue weighted by Crippen LogP contribution is 2.07. The normalized spacial score (nSPS) is 19.6. The van der Waals surface area contributed by atoms with Gasteiger partial charge in [0.25, 0.3) is 0 Å². The van der Waals surface area contributed by atoms with Crippen molar-refractivity contribution in [2.75, 3.05) is 19.6 Å². The second-order valence-electron chi connectivity index (χ2n) is 2.65. The number of likely N-dealkylation sites (tertiary alicyclic amines) is 1. The molecule has 60 valence electrons. The van der Waals surface area contributed by atoms with Crippen molar-refractivity contribution in [1.82, 2.24) is 11.1 Å². The van der Waals surface area contributed by atoms with Crippen molar-refractivity contribution in [2.45, 2.75) is 19.3 Å². The molecule has 0 unspecified atom stereocenters. The zero-order chi connectivity index (χ0) is 6.53. The first-order chi connectivity index (χ1) is 4.43. The molecular formula is C8H18N2. The maximum atomic E-state index is 3.71. The molecule has 0 saturated carbocycles. The lowest BCUT2D eigenvalue weighted by Crippen LogP contribution is -2.29. The molecule has 1 rings (SSSR count). The molecule has 1 fully saturated rings. The highest BCUT2D eigenvalue weighted by Gasteiger charge is 2.06. The van der Waals surface area contributed by atoms with Gasteiger partial charge in [0.1, 0.15) is 0 Å². The Hall–Kier alpha value is -0.340. The molecule has 10 heavy (non-hydrogen) atoms. The fourth-order valence-electron chi connectivity index (χ4n) is 1.32. The average Bonchev–Trinajstić information content (AvgIpc) is 1.91. The van der Waals surface area contributed by atoms with E-state index >= 15 is 0 Å². The van der Waals surface area contributed by atoms with Crippen molar-refractivity contribution in [3.05, 3.63) is 12.7 Å². The van der Waals surface area contributed by atoms with E-state index in [4.69, 9.17) is 0 Å². The van der Waals surface area contributed by atoms with Crippen molar-refractivity contribution < 1.29 is 0 Å². The molecule has 2 heteroatoms. The highest BCUT2D eigenvalue weighted by atomic mass is 15.1. The number of rotatable bonds is 2. The van der Waals surface area contributed by atoms with Crippen molar-refractivity contribution in [3.63, 3.8) is 0 Å². The van der Waals surface area contributed by atoms with E-state index in [-0.39, 0.29) is 6.15 Å². The third-order valence-corrected chi connectivity index (χ3v) is 1.84. The molecule has 0 amide bonds. The summed E-state index contributed by atoms with van der Waals surface area (Å²) in [6, 6.07) is 0. The van der Waals surface area contributed by atoms with E-state index in [0.717, 1.165) is 6.54 Å². The minimum Gasteiger partial charge on any atom is -0.344 e. The minimum atomic E-state index is 0. The van der Waals surface area contributed by atoms with Crippen LogP contribution >= 0.6 is 0 Å². The Kier molecular flexibility index (Phi) is 5.26. The monoisotopic (exact) mass is 142 g/mol. The van der Waals surface area contributed by atoms with E-state index in [1.807, 2.05) is 6.08 Å². The summed E-state index contributed by atoms with van der Waals surface area (Å²) >= 11 is 0. The lowest BCUT2D eigenvalue weighted by Gasteiger charge is -2.24. The first-order valence-corrected chi connectivity index (χ1v) is 3.77. The lowest BCUT2D eigenvalue weighted by molar-refractivity contribution is 0.251. The van der Waals surface area contributed by atoms with Crippen molar-refractivity contribution >= 4 is 0 Å². The molecular weight excluding hydrogens is 124 g/mol. The van der Waals surface area contributed by atoms with Gasteiger partial charge in [-0.3, -0.25) is 4.90 Å². The van der Waals surface area contributed by atoms with Crippen LogP contribution in [0.4, 0.5) is 0 Å². The van der Waals surface area contributed by atoms with E-state index in [0.29, 0.717) is 0 Å². The molecule has 0 spiro atoms. The summed E-state index contributed by atoms with van der Waals surface area (Å²) in [6.45, 7) is 7.36. The summed E-state index contributed by atoms with van der Waals surface area (Å²) < 4.78 is 0. The maximum absolute atomic E-state index is 3.71. The molecule has 0 radical (unpaired) electrons. The van der Waals surface area contributed by atoms with Crippen LogP contribution in [0.15, 0.2) is 12.7 Å². The molecule has 0 aromatic rings. The van der Waals surface area contributed by atoms with Crippen molar-refractivity contribution in [1.29, 1.82) is 0 Å². The van der Waals surface area contributed by atoms with E-state index in [9.17, 15) is 0 Å². The predicted octanol–water partition coefficient (Wildman–Crippen LogP) is 1.82. The van der Waals surface area contributed by atoms with E-state index in [1.165, 1.54) is 32.4 Å². The third kappa shape index (κ3) is 2.99. The second-order valence-corrected chi connectivity index (χ2v) is 2.65. The lowest BCUT2D eigenvalue weighted by atomic mass is 10.1. The van der Waals surface area contributed by atoms with Crippen molar-refractivity contribution in [2.24, 2.45) is 0 Å². The van der Waals surface area contributed by atoms with Gasteiger partial charge in [-0.25, -0.2) is 0 Å². The minimum absolute atomic E-state index is 0. The summed E-state index contributed by atoms with van der Waals surface area (Å²) in [4.78, 5) is 2.45. The van der Waals surface area contributed by atoms with Gasteiger partial charge in [0, 0.05) is 6.54 Å². The summed E-state index contributed by atoms with van der Waals surface area (Å²) in [7, 11) is 0. The molecule has 0 aliphatic carbocycles. The maximum Gasteiger partial charge on any atom is 0.0160 e. The van der Waals surface area contributed by atoms with Crippen LogP contribution in [0.25, 0.3) is 0 Å². The smallest absolute Gasteiger partial charge is 0.0160 e. The van der Waals surface area contributed by atoms with Crippen LogP contribution in [-0.2, 0) is 0 Å². The molecule has 0 aromatic heterocycles. The number of hydrogen-bond acceptors (Lipinski definition) is 2. The van der Waals surface area contributed by atoms with Crippen molar-refractivity contribution in [3.8, 4) is 0 Å².